The number of amides is 1. The molecule has 1 aromatic heterocycles. The second-order valence-corrected chi connectivity index (χ2v) is 6.02. The Bertz CT molecular complexity index is 690. The molecule has 6 nitrogen and oxygen atoms in total. The van der Waals surface area contributed by atoms with Crippen LogP contribution >= 0.6 is 11.6 Å². The number of carbonyl (C=O) groups excluding carboxylic acids is 1. The van der Waals surface area contributed by atoms with Gasteiger partial charge >= 0.3 is 0 Å². The number of halogens is 1. The van der Waals surface area contributed by atoms with E-state index in [4.69, 9.17) is 16.3 Å². The maximum absolute atomic E-state index is 12.5. The maximum atomic E-state index is 12.5. The van der Waals surface area contributed by atoms with Crippen LogP contribution in [0.3, 0.4) is 0 Å². The summed E-state index contributed by atoms with van der Waals surface area (Å²) in [5.41, 5.74) is 0. The van der Waals surface area contributed by atoms with Gasteiger partial charge in [-0.1, -0.05) is 17.7 Å². The lowest BCUT2D eigenvalue weighted by Crippen LogP contribution is -2.52. The van der Waals surface area contributed by atoms with Gasteiger partial charge in [-0.3, -0.25) is 4.79 Å². The summed E-state index contributed by atoms with van der Waals surface area (Å²) in [5, 5.41) is 0.587. The number of rotatable bonds is 4. The van der Waals surface area contributed by atoms with Gasteiger partial charge in [0.1, 0.15) is 5.75 Å². The molecule has 1 amide bonds. The molecule has 0 saturated carbocycles. The molecule has 0 unspecified atom stereocenters. The van der Waals surface area contributed by atoms with E-state index < -0.39 is 6.10 Å². The van der Waals surface area contributed by atoms with Gasteiger partial charge in [0.2, 0.25) is 5.95 Å². The van der Waals surface area contributed by atoms with Gasteiger partial charge in [0, 0.05) is 43.6 Å². The van der Waals surface area contributed by atoms with Gasteiger partial charge < -0.3 is 14.5 Å². The van der Waals surface area contributed by atoms with Gasteiger partial charge in [0.25, 0.3) is 5.91 Å². The second-order valence-electron chi connectivity index (χ2n) is 5.58. The summed E-state index contributed by atoms with van der Waals surface area (Å²) in [7, 11) is 0. The Morgan fingerprint density at radius 1 is 1.17 bits per heavy atom. The van der Waals surface area contributed by atoms with Crippen LogP contribution in [0, 0.1) is 0 Å². The fourth-order valence-electron chi connectivity index (χ4n) is 2.63. The minimum Gasteiger partial charge on any atom is -0.481 e. The van der Waals surface area contributed by atoms with E-state index in [0.717, 1.165) is 0 Å². The fourth-order valence-corrected chi connectivity index (χ4v) is 2.81. The third-order valence-corrected chi connectivity index (χ3v) is 4.12. The number of piperazine rings is 1. The van der Waals surface area contributed by atoms with E-state index in [1.807, 2.05) is 4.90 Å². The zero-order valence-electron chi connectivity index (χ0n) is 13.4. The number of benzene rings is 1. The van der Waals surface area contributed by atoms with Crippen LogP contribution in [-0.2, 0) is 4.79 Å². The average molecular weight is 347 g/mol. The van der Waals surface area contributed by atoms with E-state index in [1.165, 1.54) is 0 Å². The Morgan fingerprint density at radius 2 is 1.88 bits per heavy atom. The van der Waals surface area contributed by atoms with Gasteiger partial charge in [-0.2, -0.15) is 0 Å². The summed E-state index contributed by atoms with van der Waals surface area (Å²) >= 11 is 5.94. The minimum atomic E-state index is -0.553. The molecule has 7 heteroatoms. The highest BCUT2D eigenvalue weighted by Gasteiger charge is 2.26. The smallest absolute Gasteiger partial charge is 0.263 e. The fraction of sp³-hybridized carbons (Fsp3) is 0.353. The number of hydrogen-bond donors (Lipinski definition) is 0. The standard InChI is InChI=1S/C17H19ClN4O2/c1-13(24-15-5-2-4-14(18)12-15)16(23)21-8-10-22(11-9-21)17-19-6-3-7-20-17/h2-7,12-13H,8-11H2,1H3/t13-/m1/s1. The van der Waals surface area contributed by atoms with Crippen molar-refractivity contribution in [1.29, 1.82) is 0 Å². The summed E-state index contributed by atoms with van der Waals surface area (Å²) in [6.07, 6.45) is 2.89. The van der Waals surface area contributed by atoms with Crippen molar-refractivity contribution in [2.75, 3.05) is 31.1 Å². The van der Waals surface area contributed by atoms with E-state index >= 15 is 0 Å². The van der Waals surface area contributed by atoms with Crippen molar-refractivity contribution < 1.29 is 9.53 Å². The summed E-state index contributed by atoms with van der Waals surface area (Å²) in [6, 6.07) is 8.85. The number of ether oxygens (including phenoxy) is 1. The zero-order valence-corrected chi connectivity index (χ0v) is 14.2. The predicted molar refractivity (Wildman–Crippen MR) is 92.4 cm³/mol. The summed E-state index contributed by atoms with van der Waals surface area (Å²) in [4.78, 5) is 24.9. The minimum absolute atomic E-state index is 0.0244. The largest absolute Gasteiger partial charge is 0.481 e. The molecule has 24 heavy (non-hydrogen) atoms. The van der Waals surface area contributed by atoms with E-state index in [2.05, 4.69) is 14.9 Å². The van der Waals surface area contributed by atoms with Crippen LogP contribution in [0.5, 0.6) is 5.75 Å². The van der Waals surface area contributed by atoms with Gasteiger partial charge in [-0.15, -0.1) is 0 Å². The van der Waals surface area contributed by atoms with Crippen molar-refractivity contribution in [2.45, 2.75) is 13.0 Å². The van der Waals surface area contributed by atoms with Crippen LogP contribution in [0.4, 0.5) is 5.95 Å². The molecule has 3 rings (SSSR count). The van der Waals surface area contributed by atoms with Crippen LogP contribution in [-0.4, -0.2) is 53.1 Å². The normalized spacial score (nSPS) is 15.9. The third kappa shape index (κ3) is 3.94. The van der Waals surface area contributed by atoms with Crippen LogP contribution < -0.4 is 9.64 Å². The highest BCUT2D eigenvalue weighted by atomic mass is 35.5. The molecular formula is C17H19ClN4O2. The molecule has 0 N–H and O–H groups in total. The Hall–Kier alpha value is -2.34. The molecule has 1 aromatic carbocycles. The molecule has 1 aliphatic rings. The van der Waals surface area contributed by atoms with E-state index in [0.29, 0.717) is 42.9 Å². The maximum Gasteiger partial charge on any atom is 0.263 e. The first-order valence-corrected chi connectivity index (χ1v) is 8.24. The first-order valence-electron chi connectivity index (χ1n) is 7.86. The zero-order chi connectivity index (χ0) is 16.9. The molecular weight excluding hydrogens is 328 g/mol. The highest BCUT2D eigenvalue weighted by molar-refractivity contribution is 6.30. The van der Waals surface area contributed by atoms with Crippen LogP contribution in [0.25, 0.3) is 0 Å². The summed E-state index contributed by atoms with van der Waals surface area (Å²) in [5.74, 6) is 1.27. The lowest BCUT2D eigenvalue weighted by Gasteiger charge is -2.35. The summed E-state index contributed by atoms with van der Waals surface area (Å²) in [6.45, 7) is 4.43. The third-order valence-electron chi connectivity index (χ3n) is 3.88. The van der Waals surface area contributed by atoms with Crippen molar-refractivity contribution in [3.05, 3.63) is 47.7 Å². The van der Waals surface area contributed by atoms with Gasteiger partial charge in [-0.05, 0) is 31.2 Å². The molecule has 0 aliphatic carbocycles. The number of carbonyl (C=O) groups is 1. The van der Waals surface area contributed by atoms with Crippen LogP contribution in [0.1, 0.15) is 6.92 Å². The SMILES string of the molecule is C[C@@H](Oc1cccc(Cl)c1)C(=O)N1CCN(c2ncccn2)CC1. The molecule has 0 spiro atoms. The average Bonchev–Trinajstić information content (AvgIpc) is 2.62. The molecule has 1 atom stereocenters. The number of aromatic nitrogens is 2. The van der Waals surface area contributed by atoms with Crippen molar-refractivity contribution in [2.24, 2.45) is 0 Å². The molecule has 2 heterocycles. The molecule has 126 valence electrons. The monoisotopic (exact) mass is 346 g/mol. The van der Waals surface area contributed by atoms with Crippen molar-refractivity contribution >= 4 is 23.5 Å². The Kier molecular flexibility index (Phi) is 5.15. The lowest BCUT2D eigenvalue weighted by atomic mass is 10.2. The molecule has 1 aliphatic heterocycles. The van der Waals surface area contributed by atoms with Gasteiger partial charge in [0.15, 0.2) is 6.10 Å². The molecule has 0 bridgehead atoms. The van der Waals surface area contributed by atoms with Gasteiger partial charge in [0.05, 0.1) is 0 Å². The molecule has 0 radical (unpaired) electrons. The Morgan fingerprint density at radius 3 is 2.54 bits per heavy atom. The highest BCUT2D eigenvalue weighted by Crippen LogP contribution is 2.19. The van der Waals surface area contributed by atoms with Crippen LogP contribution in [0.15, 0.2) is 42.7 Å². The summed E-state index contributed by atoms with van der Waals surface area (Å²) < 4.78 is 5.71. The molecule has 1 fully saturated rings. The van der Waals surface area contributed by atoms with Gasteiger partial charge in [-0.25, -0.2) is 9.97 Å². The molecule has 2 aromatic rings. The Labute approximate surface area is 146 Å². The topological polar surface area (TPSA) is 58.6 Å². The second kappa shape index (κ2) is 7.49. The van der Waals surface area contributed by atoms with Crippen molar-refractivity contribution in [1.82, 2.24) is 14.9 Å². The lowest BCUT2D eigenvalue weighted by molar-refractivity contribution is -0.138. The first-order chi connectivity index (χ1) is 11.6. The Balaban J connectivity index is 1.55. The van der Waals surface area contributed by atoms with Crippen molar-refractivity contribution in [3.8, 4) is 5.75 Å². The first kappa shape index (κ1) is 16.5. The van der Waals surface area contributed by atoms with E-state index in [-0.39, 0.29) is 5.91 Å². The predicted octanol–water partition coefficient (Wildman–Crippen LogP) is 2.25. The quantitative estimate of drug-likeness (QED) is 0.849. The number of hydrogen-bond acceptors (Lipinski definition) is 5. The van der Waals surface area contributed by atoms with E-state index in [9.17, 15) is 4.79 Å². The molecule has 1 saturated heterocycles. The number of nitrogens with zero attached hydrogens (tertiary/aromatic N) is 4. The van der Waals surface area contributed by atoms with E-state index in [1.54, 1.807) is 49.6 Å². The van der Waals surface area contributed by atoms with Crippen LogP contribution in [0.2, 0.25) is 5.02 Å². The number of anilines is 1. The van der Waals surface area contributed by atoms with Crippen molar-refractivity contribution in [3.63, 3.8) is 0 Å².